The molecular weight excluding hydrogens is 322 g/mol. The highest BCUT2D eigenvalue weighted by molar-refractivity contribution is 5.84. The fourth-order valence-electron chi connectivity index (χ4n) is 3.80. The van der Waals surface area contributed by atoms with Gasteiger partial charge < -0.3 is 19.7 Å². The molecule has 1 unspecified atom stereocenters. The van der Waals surface area contributed by atoms with E-state index in [2.05, 4.69) is 5.32 Å². The first-order valence-electron chi connectivity index (χ1n) is 8.79. The average Bonchev–Trinajstić information content (AvgIpc) is 2.99. The summed E-state index contributed by atoms with van der Waals surface area (Å²) in [6.07, 6.45) is 0.965. The Morgan fingerprint density at radius 2 is 2.04 bits per heavy atom. The quantitative estimate of drug-likeness (QED) is 0.864. The standard InChI is InChI=1S/C18H23N3O4/c22-15-10-20(17(23)24-12-14-4-2-1-3-5-14)11-16-21(15)13-18(25-16)6-8-19-9-7-18/h1-5,16,19H,6-13H2. The van der Waals surface area contributed by atoms with Gasteiger partial charge in [-0.1, -0.05) is 30.3 Å². The molecule has 3 aliphatic rings. The Kier molecular flexibility index (Phi) is 4.35. The van der Waals surface area contributed by atoms with E-state index >= 15 is 0 Å². The molecule has 1 aromatic rings. The molecule has 1 spiro atoms. The van der Waals surface area contributed by atoms with Gasteiger partial charge in [-0.25, -0.2) is 4.79 Å². The van der Waals surface area contributed by atoms with E-state index in [-0.39, 0.29) is 30.9 Å². The van der Waals surface area contributed by atoms with Crippen molar-refractivity contribution in [1.29, 1.82) is 0 Å². The molecule has 3 aliphatic heterocycles. The van der Waals surface area contributed by atoms with Crippen molar-refractivity contribution in [2.24, 2.45) is 0 Å². The molecule has 25 heavy (non-hydrogen) atoms. The first-order chi connectivity index (χ1) is 12.2. The first-order valence-corrected chi connectivity index (χ1v) is 8.79. The molecule has 1 N–H and O–H groups in total. The van der Waals surface area contributed by atoms with Gasteiger partial charge in [0.05, 0.1) is 18.7 Å². The smallest absolute Gasteiger partial charge is 0.410 e. The number of carbonyl (C=O) groups is 2. The molecule has 3 fully saturated rings. The van der Waals surface area contributed by atoms with Crippen LogP contribution in [0, 0.1) is 0 Å². The molecule has 3 saturated heterocycles. The van der Waals surface area contributed by atoms with Gasteiger partial charge in [0.2, 0.25) is 5.91 Å². The maximum atomic E-state index is 12.5. The number of piperidine rings is 1. The minimum absolute atomic E-state index is 0.0574. The third-order valence-corrected chi connectivity index (χ3v) is 5.19. The summed E-state index contributed by atoms with van der Waals surface area (Å²) in [5.74, 6) is -0.0664. The number of piperazine rings is 1. The minimum Gasteiger partial charge on any atom is -0.445 e. The van der Waals surface area contributed by atoms with Crippen LogP contribution < -0.4 is 5.32 Å². The topological polar surface area (TPSA) is 71.1 Å². The predicted molar refractivity (Wildman–Crippen MR) is 89.6 cm³/mol. The van der Waals surface area contributed by atoms with Crippen LogP contribution in [0.3, 0.4) is 0 Å². The summed E-state index contributed by atoms with van der Waals surface area (Å²) >= 11 is 0. The van der Waals surface area contributed by atoms with Crippen LogP contribution in [-0.4, -0.2) is 66.4 Å². The van der Waals surface area contributed by atoms with Crippen LogP contribution in [-0.2, 0) is 20.9 Å². The third kappa shape index (κ3) is 3.34. The largest absolute Gasteiger partial charge is 0.445 e. The van der Waals surface area contributed by atoms with Crippen molar-refractivity contribution >= 4 is 12.0 Å². The van der Waals surface area contributed by atoms with E-state index in [1.165, 1.54) is 4.90 Å². The van der Waals surface area contributed by atoms with Crippen LogP contribution in [0.2, 0.25) is 0 Å². The Balaban J connectivity index is 1.37. The number of nitrogens with one attached hydrogen (secondary N) is 1. The molecule has 0 radical (unpaired) electrons. The number of nitrogens with zero attached hydrogens (tertiary/aromatic N) is 2. The number of rotatable bonds is 2. The monoisotopic (exact) mass is 345 g/mol. The summed E-state index contributed by atoms with van der Waals surface area (Å²) in [6, 6.07) is 9.51. The third-order valence-electron chi connectivity index (χ3n) is 5.19. The lowest BCUT2D eigenvalue weighted by Gasteiger charge is -2.35. The fraction of sp³-hybridized carbons (Fsp3) is 0.556. The average molecular weight is 345 g/mol. The van der Waals surface area contributed by atoms with Crippen molar-refractivity contribution in [2.75, 3.05) is 32.7 Å². The number of carbonyl (C=O) groups excluding carboxylic acids is 2. The van der Waals surface area contributed by atoms with Gasteiger partial charge >= 0.3 is 6.09 Å². The molecule has 0 aliphatic carbocycles. The van der Waals surface area contributed by atoms with E-state index in [1.54, 1.807) is 4.90 Å². The van der Waals surface area contributed by atoms with Crippen molar-refractivity contribution in [3.63, 3.8) is 0 Å². The fourth-order valence-corrected chi connectivity index (χ4v) is 3.80. The second kappa shape index (κ2) is 6.65. The van der Waals surface area contributed by atoms with Crippen LogP contribution in [0.4, 0.5) is 4.79 Å². The Morgan fingerprint density at radius 1 is 1.28 bits per heavy atom. The van der Waals surface area contributed by atoms with Crippen molar-refractivity contribution in [3.8, 4) is 0 Å². The Labute approximate surface area is 146 Å². The van der Waals surface area contributed by atoms with Gasteiger partial charge in [0.1, 0.15) is 13.2 Å². The molecule has 134 valence electrons. The van der Waals surface area contributed by atoms with Gasteiger partial charge in [-0.05, 0) is 31.5 Å². The zero-order chi connectivity index (χ0) is 17.3. The van der Waals surface area contributed by atoms with Gasteiger partial charge in [0.15, 0.2) is 6.23 Å². The van der Waals surface area contributed by atoms with Gasteiger partial charge in [-0.3, -0.25) is 9.69 Å². The SMILES string of the molecule is O=C(OCc1ccccc1)N1CC(=O)N2CC3(CCNCC3)OC2C1. The molecule has 1 aromatic carbocycles. The normalized spacial score (nSPS) is 25.1. The van der Waals surface area contributed by atoms with Crippen LogP contribution in [0.25, 0.3) is 0 Å². The molecular formula is C18H23N3O4. The van der Waals surface area contributed by atoms with E-state index < -0.39 is 6.09 Å². The number of amides is 2. The second-order valence-electron chi connectivity index (χ2n) is 6.95. The summed E-state index contributed by atoms with van der Waals surface area (Å²) in [5.41, 5.74) is 0.668. The molecule has 2 amide bonds. The Bertz CT molecular complexity index is 645. The zero-order valence-corrected chi connectivity index (χ0v) is 14.1. The lowest BCUT2D eigenvalue weighted by molar-refractivity contribution is -0.147. The van der Waals surface area contributed by atoms with Gasteiger partial charge in [-0.15, -0.1) is 0 Å². The number of benzene rings is 1. The molecule has 7 nitrogen and oxygen atoms in total. The Hall–Kier alpha value is -2.12. The van der Waals surface area contributed by atoms with Crippen molar-refractivity contribution in [2.45, 2.75) is 31.3 Å². The molecule has 0 saturated carbocycles. The number of ether oxygens (including phenoxy) is 2. The van der Waals surface area contributed by atoms with E-state index in [9.17, 15) is 9.59 Å². The summed E-state index contributed by atoms with van der Waals surface area (Å²) < 4.78 is 11.6. The maximum Gasteiger partial charge on any atom is 0.410 e. The van der Waals surface area contributed by atoms with Gasteiger partial charge in [-0.2, -0.15) is 0 Å². The highest BCUT2D eigenvalue weighted by Gasteiger charge is 2.50. The zero-order valence-electron chi connectivity index (χ0n) is 14.1. The van der Waals surface area contributed by atoms with E-state index in [4.69, 9.17) is 9.47 Å². The van der Waals surface area contributed by atoms with Gasteiger partial charge in [0.25, 0.3) is 0 Å². The molecule has 7 heteroatoms. The number of hydrogen-bond acceptors (Lipinski definition) is 5. The number of fused-ring (bicyclic) bond motifs is 1. The molecule has 0 aromatic heterocycles. The minimum atomic E-state index is -0.466. The summed E-state index contributed by atoms with van der Waals surface area (Å²) in [7, 11) is 0. The first kappa shape index (κ1) is 16.4. The van der Waals surface area contributed by atoms with Crippen LogP contribution >= 0.6 is 0 Å². The highest BCUT2D eigenvalue weighted by atomic mass is 16.6. The molecule has 1 atom stereocenters. The van der Waals surface area contributed by atoms with E-state index in [1.807, 2.05) is 30.3 Å². The number of hydrogen-bond donors (Lipinski definition) is 1. The summed E-state index contributed by atoms with van der Waals surface area (Å²) in [4.78, 5) is 28.0. The maximum absolute atomic E-state index is 12.5. The van der Waals surface area contributed by atoms with E-state index in [0.29, 0.717) is 13.1 Å². The van der Waals surface area contributed by atoms with Crippen LogP contribution in [0.15, 0.2) is 30.3 Å². The van der Waals surface area contributed by atoms with Crippen LogP contribution in [0.5, 0.6) is 0 Å². The molecule has 3 heterocycles. The van der Waals surface area contributed by atoms with Gasteiger partial charge in [0, 0.05) is 0 Å². The second-order valence-corrected chi connectivity index (χ2v) is 6.95. The predicted octanol–water partition coefficient (Wildman–Crippen LogP) is 0.946. The van der Waals surface area contributed by atoms with E-state index in [0.717, 1.165) is 31.5 Å². The highest BCUT2D eigenvalue weighted by Crippen LogP contribution is 2.35. The lowest BCUT2D eigenvalue weighted by Crippen LogP contribution is -2.55. The Morgan fingerprint density at radius 3 is 2.80 bits per heavy atom. The molecule has 0 bridgehead atoms. The lowest BCUT2D eigenvalue weighted by atomic mass is 9.92. The van der Waals surface area contributed by atoms with Crippen molar-refractivity contribution < 1.29 is 19.1 Å². The van der Waals surface area contributed by atoms with Crippen LogP contribution in [0.1, 0.15) is 18.4 Å². The van der Waals surface area contributed by atoms with Crippen molar-refractivity contribution in [1.82, 2.24) is 15.1 Å². The summed E-state index contributed by atoms with van der Waals surface area (Å²) in [6.45, 7) is 3.06. The molecule has 4 rings (SSSR count). The van der Waals surface area contributed by atoms with Crippen molar-refractivity contribution in [3.05, 3.63) is 35.9 Å². The summed E-state index contributed by atoms with van der Waals surface area (Å²) in [5, 5.41) is 3.32.